The van der Waals surface area contributed by atoms with E-state index in [0.717, 1.165) is 23.4 Å². The minimum atomic E-state index is -0.699. The molecule has 1 aliphatic rings. The lowest BCUT2D eigenvalue weighted by atomic mass is 10.0. The Morgan fingerprint density at radius 2 is 2.42 bits per heavy atom. The maximum atomic E-state index is 10.9. The van der Waals surface area contributed by atoms with Crippen molar-refractivity contribution < 1.29 is 9.90 Å². The molecule has 0 aliphatic heterocycles. The molecule has 1 heterocycles. The van der Waals surface area contributed by atoms with Crippen LogP contribution in [0.1, 0.15) is 23.4 Å². The molecule has 0 spiro atoms. The number of carboxylic acids is 1. The highest BCUT2D eigenvalue weighted by Crippen LogP contribution is 2.50. The van der Waals surface area contributed by atoms with Crippen molar-refractivity contribution in [2.75, 3.05) is 0 Å². The van der Waals surface area contributed by atoms with Crippen molar-refractivity contribution in [1.82, 2.24) is 4.98 Å². The third kappa shape index (κ3) is 0.876. The van der Waals surface area contributed by atoms with Crippen molar-refractivity contribution in [2.24, 2.45) is 0 Å². The third-order valence-corrected chi connectivity index (χ3v) is 3.47. The molecule has 0 atom stereocenters. The molecule has 0 saturated heterocycles. The topological polar surface area (TPSA) is 50.2 Å². The van der Waals surface area contributed by atoms with Gasteiger partial charge in [0.05, 0.1) is 11.2 Å². The van der Waals surface area contributed by atoms with Gasteiger partial charge in [-0.25, -0.2) is 4.98 Å². The second-order valence-corrected chi connectivity index (χ2v) is 4.01. The molecule has 1 fully saturated rings. The summed E-state index contributed by atoms with van der Waals surface area (Å²) in [6, 6.07) is 0. The van der Waals surface area contributed by atoms with Crippen LogP contribution < -0.4 is 0 Å². The van der Waals surface area contributed by atoms with Gasteiger partial charge in [0, 0.05) is 4.88 Å². The molecule has 12 heavy (non-hydrogen) atoms. The SMILES string of the molecule is Cc1ncsc1C1(C(=O)O)CC1. The van der Waals surface area contributed by atoms with Gasteiger partial charge in [0.25, 0.3) is 0 Å². The molecule has 1 N–H and O–H groups in total. The van der Waals surface area contributed by atoms with E-state index >= 15 is 0 Å². The summed E-state index contributed by atoms with van der Waals surface area (Å²) < 4.78 is 0. The number of thiazole rings is 1. The van der Waals surface area contributed by atoms with E-state index in [0.29, 0.717) is 0 Å². The lowest BCUT2D eigenvalue weighted by molar-refractivity contribution is -0.139. The van der Waals surface area contributed by atoms with Gasteiger partial charge in [-0.2, -0.15) is 0 Å². The summed E-state index contributed by atoms with van der Waals surface area (Å²) in [5.74, 6) is -0.699. The molecule has 1 aromatic heterocycles. The summed E-state index contributed by atoms with van der Waals surface area (Å²) in [6.07, 6.45) is 1.54. The van der Waals surface area contributed by atoms with Crippen LogP contribution in [0.25, 0.3) is 0 Å². The maximum Gasteiger partial charge on any atom is 0.315 e. The van der Waals surface area contributed by atoms with Crippen LogP contribution in [0.3, 0.4) is 0 Å². The van der Waals surface area contributed by atoms with E-state index in [1.54, 1.807) is 5.51 Å². The zero-order valence-corrected chi connectivity index (χ0v) is 7.52. The Hall–Kier alpha value is -0.900. The number of aliphatic carboxylic acids is 1. The Morgan fingerprint density at radius 1 is 1.75 bits per heavy atom. The minimum absolute atomic E-state index is 0.564. The Kier molecular flexibility index (Phi) is 1.48. The van der Waals surface area contributed by atoms with E-state index in [2.05, 4.69) is 4.98 Å². The number of aromatic nitrogens is 1. The summed E-state index contributed by atoms with van der Waals surface area (Å²) in [5, 5.41) is 8.98. The number of nitrogens with zero attached hydrogens (tertiary/aromatic N) is 1. The second-order valence-electron chi connectivity index (χ2n) is 3.15. The number of carboxylic acid groups (broad SMARTS) is 1. The molecule has 1 aromatic rings. The molecular formula is C8H9NO2S. The summed E-state index contributed by atoms with van der Waals surface area (Å²) in [7, 11) is 0. The minimum Gasteiger partial charge on any atom is -0.481 e. The van der Waals surface area contributed by atoms with Crippen LogP contribution in [0.15, 0.2) is 5.51 Å². The summed E-state index contributed by atoms with van der Waals surface area (Å²) >= 11 is 1.46. The first-order valence-corrected chi connectivity index (χ1v) is 4.69. The van der Waals surface area contributed by atoms with Gasteiger partial charge in [0.15, 0.2) is 0 Å². The zero-order chi connectivity index (χ0) is 8.77. The lowest BCUT2D eigenvalue weighted by Crippen LogP contribution is -2.18. The molecule has 3 nitrogen and oxygen atoms in total. The van der Waals surface area contributed by atoms with E-state index in [9.17, 15) is 4.79 Å². The molecule has 64 valence electrons. The van der Waals surface area contributed by atoms with E-state index in [1.807, 2.05) is 6.92 Å². The van der Waals surface area contributed by atoms with Crippen LogP contribution in [0.4, 0.5) is 0 Å². The molecule has 4 heteroatoms. The number of carbonyl (C=O) groups is 1. The van der Waals surface area contributed by atoms with Crippen LogP contribution in [0.2, 0.25) is 0 Å². The molecule has 1 saturated carbocycles. The standard InChI is InChI=1S/C8H9NO2S/c1-5-6(12-4-9-5)8(2-3-8)7(10)11/h4H,2-3H2,1H3,(H,10,11). The fourth-order valence-electron chi connectivity index (χ4n) is 1.42. The molecule has 0 bridgehead atoms. The summed E-state index contributed by atoms with van der Waals surface area (Å²) in [4.78, 5) is 15.9. The highest BCUT2D eigenvalue weighted by atomic mass is 32.1. The van der Waals surface area contributed by atoms with Crippen molar-refractivity contribution >= 4 is 17.3 Å². The Labute approximate surface area is 74.1 Å². The third-order valence-electron chi connectivity index (χ3n) is 2.34. The second kappa shape index (κ2) is 2.29. The van der Waals surface area contributed by atoms with Crippen LogP contribution in [0.5, 0.6) is 0 Å². The van der Waals surface area contributed by atoms with Crippen molar-refractivity contribution in [3.63, 3.8) is 0 Å². The quantitative estimate of drug-likeness (QED) is 0.757. The predicted molar refractivity (Wildman–Crippen MR) is 45.4 cm³/mol. The van der Waals surface area contributed by atoms with Crippen LogP contribution >= 0.6 is 11.3 Å². The number of hydrogen-bond acceptors (Lipinski definition) is 3. The molecule has 0 aromatic carbocycles. The normalized spacial score (nSPS) is 19.1. The molecule has 0 radical (unpaired) electrons. The fourth-order valence-corrected chi connectivity index (χ4v) is 2.48. The van der Waals surface area contributed by atoms with Gasteiger partial charge in [-0.1, -0.05) is 0 Å². The Bertz CT molecular complexity index is 328. The van der Waals surface area contributed by atoms with Crippen molar-refractivity contribution in [2.45, 2.75) is 25.2 Å². The zero-order valence-electron chi connectivity index (χ0n) is 6.70. The summed E-state index contributed by atoms with van der Waals surface area (Å²) in [6.45, 7) is 1.87. The highest BCUT2D eigenvalue weighted by Gasteiger charge is 2.53. The largest absolute Gasteiger partial charge is 0.481 e. The lowest BCUT2D eigenvalue weighted by Gasteiger charge is -2.06. The highest BCUT2D eigenvalue weighted by molar-refractivity contribution is 7.10. The van der Waals surface area contributed by atoms with E-state index in [4.69, 9.17) is 5.11 Å². The maximum absolute atomic E-state index is 10.9. The van der Waals surface area contributed by atoms with Crippen molar-refractivity contribution in [3.8, 4) is 0 Å². The van der Waals surface area contributed by atoms with Gasteiger partial charge in [-0.15, -0.1) is 11.3 Å². The van der Waals surface area contributed by atoms with Gasteiger partial charge < -0.3 is 5.11 Å². The Morgan fingerprint density at radius 3 is 2.75 bits per heavy atom. The van der Waals surface area contributed by atoms with Gasteiger partial charge >= 0.3 is 5.97 Å². The molecule has 1 aliphatic carbocycles. The van der Waals surface area contributed by atoms with Crippen molar-refractivity contribution in [3.05, 3.63) is 16.1 Å². The van der Waals surface area contributed by atoms with E-state index in [-0.39, 0.29) is 0 Å². The van der Waals surface area contributed by atoms with E-state index < -0.39 is 11.4 Å². The average molecular weight is 183 g/mol. The number of aryl methyl sites for hydroxylation is 1. The average Bonchev–Trinajstić information content (AvgIpc) is 2.71. The van der Waals surface area contributed by atoms with Crippen LogP contribution in [-0.4, -0.2) is 16.1 Å². The molecule has 2 rings (SSSR count). The first-order valence-electron chi connectivity index (χ1n) is 3.81. The van der Waals surface area contributed by atoms with Crippen molar-refractivity contribution in [1.29, 1.82) is 0 Å². The first kappa shape index (κ1) is 7.73. The number of hydrogen-bond donors (Lipinski definition) is 1. The summed E-state index contributed by atoms with van der Waals surface area (Å²) in [5.41, 5.74) is 2.03. The first-order chi connectivity index (χ1) is 5.67. The Balaban J connectivity index is 2.43. The molecular weight excluding hydrogens is 174 g/mol. The molecule has 0 unspecified atom stereocenters. The van der Waals surface area contributed by atoms with Gasteiger partial charge in [-0.05, 0) is 19.8 Å². The van der Waals surface area contributed by atoms with Crippen LogP contribution in [-0.2, 0) is 10.2 Å². The smallest absolute Gasteiger partial charge is 0.315 e. The van der Waals surface area contributed by atoms with Crippen LogP contribution in [0, 0.1) is 6.92 Å². The van der Waals surface area contributed by atoms with Gasteiger partial charge in [-0.3, -0.25) is 4.79 Å². The monoisotopic (exact) mass is 183 g/mol. The fraction of sp³-hybridized carbons (Fsp3) is 0.500. The molecule has 0 amide bonds. The van der Waals surface area contributed by atoms with Gasteiger partial charge in [0.1, 0.15) is 5.41 Å². The van der Waals surface area contributed by atoms with Gasteiger partial charge in [0.2, 0.25) is 0 Å². The van der Waals surface area contributed by atoms with E-state index in [1.165, 1.54) is 11.3 Å². The number of rotatable bonds is 2. The predicted octanol–water partition coefficient (Wildman–Crippen LogP) is 1.57.